The highest BCUT2D eigenvalue weighted by Gasteiger charge is 2.26. The second-order valence-electron chi connectivity index (χ2n) is 4.47. The van der Waals surface area contributed by atoms with Crippen molar-refractivity contribution in [2.75, 3.05) is 17.2 Å². The van der Waals surface area contributed by atoms with Crippen molar-refractivity contribution < 1.29 is 4.79 Å². The summed E-state index contributed by atoms with van der Waals surface area (Å²) >= 11 is 0. The first-order chi connectivity index (χ1) is 8.20. The van der Waals surface area contributed by atoms with Gasteiger partial charge in [-0.05, 0) is 37.5 Å². The highest BCUT2D eigenvalue weighted by atomic mass is 16.2. The van der Waals surface area contributed by atoms with Crippen LogP contribution < -0.4 is 16.0 Å². The molecule has 17 heavy (non-hydrogen) atoms. The minimum absolute atomic E-state index is 0.0139. The van der Waals surface area contributed by atoms with Crippen LogP contribution in [0.3, 0.4) is 0 Å². The first-order valence-corrected chi connectivity index (χ1v) is 6.14. The van der Waals surface area contributed by atoms with Crippen molar-refractivity contribution in [3.05, 3.63) is 24.3 Å². The number of amides is 2. The Hall–Kier alpha value is -1.71. The van der Waals surface area contributed by atoms with Crippen LogP contribution >= 0.6 is 0 Å². The molecule has 0 saturated heterocycles. The predicted molar refractivity (Wildman–Crippen MR) is 70.0 cm³/mol. The highest BCUT2D eigenvalue weighted by molar-refractivity contribution is 5.92. The molecule has 1 fully saturated rings. The molecule has 0 spiro atoms. The van der Waals surface area contributed by atoms with Crippen LogP contribution in [0.4, 0.5) is 16.2 Å². The molecule has 1 aliphatic carbocycles. The van der Waals surface area contributed by atoms with Gasteiger partial charge in [-0.2, -0.15) is 0 Å². The van der Waals surface area contributed by atoms with E-state index in [9.17, 15) is 4.79 Å². The maximum atomic E-state index is 12.1. The number of hydrogen-bond donors (Lipinski definition) is 2. The van der Waals surface area contributed by atoms with E-state index in [1.54, 1.807) is 4.90 Å². The van der Waals surface area contributed by atoms with Crippen LogP contribution in [-0.4, -0.2) is 18.6 Å². The van der Waals surface area contributed by atoms with Gasteiger partial charge in [-0.1, -0.05) is 13.0 Å². The fourth-order valence-corrected chi connectivity index (χ4v) is 1.74. The van der Waals surface area contributed by atoms with E-state index in [-0.39, 0.29) is 6.03 Å². The topological polar surface area (TPSA) is 58.4 Å². The van der Waals surface area contributed by atoms with Gasteiger partial charge in [-0.25, -0.2) is 4.79 Å². The molecule has 0 aliphatic heterocycles. The number of urea groups is 1. The number of nitrogens with zero attached hydrogens (tertiary/aromatic N) is 1. The molecule has 0 heterocycles. The lowest BCUT2D eigenvalue weighted by Gasteiger charge is -2.23. The van der Waals surface area contributed by atoms with E-state index in [1.165, 1.54) is 0 Å². The zero-order valence-corrected chi connectivity index (χ0v) is 10.1. The molecule has 4 nitrogen and oxygen atoms in total. The standard InChI is InChI=1S/C13H19N3O/c1-2-8-16(13(17)15-11-6-7-11)12-5-3-4-10(14)9-12/h3-5,9,11H,2,6-8,14H2,1H3,(H,15,17). The number of nitrogen functional groups attached to an aromatic ring is 1. The molecule has 4 heteroatoms. The second-order valence-corrected chi connectivity index (χ2v) is 4.47. The lowest BCUT2D eigenvalue weighted by atomic mass is 10.2. The second kappa shape index (κ2) is 5.08. The van der Waals surface area contributed by atoms with Crippen LogP contribution in [0.1, 0.15) is 26.2 Å². The summed E-state index contributed by atoms with van der Waals surface area (Å²) in [5.41, 5.74) is 7.30. The van der Waals surface area contributed by atoms with Gasteiger partial charge in [0.25, 0.3) is 0 Å². The van der Waals surface area contributed by atoms with Gasteiger partial charge in [-0.15, -0.1) is 0 Å². The zero-order valence-electron chi connectivity index (χ0n) is 10.1. The number of rotatable bonds is 4. The molecular formula is C13H19N3O. The van der Waals surface area contributed by atoms with Crippen molar-refractivity contribution in [3.8, 4) is 0 Å². The molecule has 1 aromatic rings. The average molecular weight is 233 g/mol. The Morgan fingerprint density at radius 2 is 2.29 bits per heavy atom. The van der Waals surface area contributed by atoms with Crippen molar-refractivity contribution in [2.24, 2.45) is 0 Å². The third kappa shape index (κ3) is 3.12. The molecular weight excluding hydrogens is 214 g/mol. The number of carbonyl (C=O) groups excluding carboxylic acids is 1. The van der Waals surface area contributed by atoms with Crippen molar-refractivity contribution in [3.63, 3.8) is 0 Å². The quantitative estimate of drug-likeness (QED) is 0.784. The minimum atomic E-state index is -0.0139. The van der Waals surface area contributed by atoms with Crippen LogP contribution in [0, 0.1) is 0 Å². The van der Waals surface area contributed by atoms with E-state index >= 15 is 0 Å². The summed E-state index contributed by atoms with van der Waals surface area (Å²) in [6.07, 6.45) is 3.12. The summed E-state index contributed by atoms with van der Waals surface area (Å²) in [7, 11) is 0. The van der Waals surface area contributed by atoms with Crippen LogP contribution in [-0.2, 0) is 0 Å². The van der Waals surface area contributed by atoms with E-state index in [0.29, 0.717) is 18.3 Å². The zero-order chi connectivity index (χ0) is 12.3. The number of anilines is 2. The largest absolute Gasteiger partial charge is 0.399 e. The van der Waals surface area contributed by atoms with Crippen molar-refractivity contribution in [1.82, 2.24) is 5.32 Å². The smallest absolute Gasteiger partial charge is 0.322 e. The van der Waals surface area contributed by atoms with Crippen LogP contribution in [0.25, 0.3) is 0 Å². The van der Waals surface area contributed by atoms with Gasteiger partial charge < -0.3 is 11.1 Å². The number of carbonyl (C=O) groups is 1. The molecule has 0 unspecified atom stereocenters. The lowest BCUT2D eigenvalue weighted by Crippen LogP contribution is -2.41. The van der Waals surface area contributed by atoms with Gasteiger partial charge in [0.1, 0.15) is 0 Å². The van der Waals surface area contributed by atoms with Crippen LogP contribution in [0.2, 0.25) is 0 Å². The molecule has 3 N–H and O–H groups in total. The van der Waals surface area contributed by atoms with E-state index < -0.39 is 0 Å². The van der Waals surface area contributed by atoms with Gasteiger partial charge in [0.2, 0.25) is 0 Å². The van der Waals surface area contributed by atoms with E-state index in [1.807, 2.05) is 24.3 Å². The molecule has 0 atom stereocenters. The maximum absolute atomic E-state index is 12.1. The van der Waals surface area contributed by atoms with Crippen molar-refractivity contribution in [2.45, 2.75) is 32.2 Å². The third-order valence-electron chi connectivity index (χ3n) is 2.78. The molecule has 1 aliphatic rings. The molecule has 1 aromatic carbocycles. The molecule has 0 bridgehead atoms. The van der Waals surface area contributed by atoms with E-state index in [2.05, 4.69) is 12.2 Å². The van der Waals surface area contributed by atoms with Crippen molar-refractivity contribution in [1.29, 1.82) is 0 Å². The monoisotopic (exact) mass is 233 g/mol. The fourth-order valence-electron chi connectivity index (χ4n) is 1.74. The normalized spacial score (nSPS) is 14.4. The number of nitrogens with two attached hydrogens (primary N) is 1. The summed E-state index contributed by atoms with van der Waals surface area (Å²) in [4.78, 5) is 13.8. The first-order valence-electron chi connectivity index (χ1n) is 6.14. The van der Waals surface area contributed by atoms with Crippen LogP contribution in [0.15, 0.2) is 24.3 Å². The van der Waals surface area contributed by atoms with Crippen LogP contribution in [0.5, 0.6) is 0 Å². The van der Waals surface area contributed by atoms with E-state index in [4.69, 9.17) is 5.73 Å². The minimum Gasteiger partial charge on any atom is -0.399 e. The number of benzene rings is 1. The van der Waals surface area contributed by atoms with Gasteiger partial charge in [0.05, 0.1) is 0 Å². The van der Waals surface area contributed by atoms with Gasteiger partial charge in [0, 0.05) is 24.0 Å². The Morgan fingerprint density at radius 3 is 2.88 bits per heavy atom. The summed E-state index contributed by atoms with van der Waals surface area (Å²) in [5, 5.41) is 3.00. The SMILES string of the molecule is CCCN(C(=O)NC1CC1)c1cccc(N)c1. The first kappa shape index (κ1) is 11.8. The summed E-state index contributed by atoms with van der Waals surface area (Å²) in [5.74, 6) is 0. The Morgan fingerprint density at radius 1 is 1.53 bits per heavy atom. The predicted octanol–water partition coefficient (Wildman–Crippen LogP) is 2.36. The Kier molecular flexibility index (Phi) is 3.52. The third-order valence-corrected chi connectivity index (χ3v) is 2.78. The molecule has 1 saturated carbocycles. The maximum Gasteiger partial charge on any atom is 0.322 e. The molecule has 2 rings (SSSR count). The average Bonchev–Trinajstić information content (AvgIpc) is 3.09. The lowest BCUT2D eigenvalue weighted by molar-refractivity contribution is 0.246. The van der Waals surface area contributed by atoms with Gasteiger partial charge in [-0.3, -0.25) is 4.90 Å². The Bertz CT molecular complexity index is 401. The molecule has 0 aromatic heterocycles. The summed E-state index contributed by atoms with van der Waals surface area (Å²) in [6, 6.07) is 7.81. The van der Waals surface area contributed by atoms with E-state index in [0.717, 1.165) is 24.9 Å². The fraction of sp³-hybridized carbons (Fsp3) is 0.462. The number of hydrogen-bond acceptors (Lipinski definition) is 2. The van der Waals surface area contributed by atoms with Gasteiger partial charge >= 0.3 is 6.03 Å². The molecule has 0 radical (unpaired) electrons. The molecule has 92 valence electrons. The summed E-state index contributed by atoms with van der Waals surface area (Å²) < 4.78 is 0. The highest BCUT2D eigenvalue weighted by Crippen LogP contribution is 2.22. The Balaban J connectivity index is 2.11. The summed E-state index contributed by atoms with van der Waals surface area (Å²) in [6.45, 7) is 2.77. The molecule has 2 amide bonds. The van der Waals surface area contributed by atoms with Crippen molar-refractivity contribution >= 4 is 17.4 Å². The Labute approximate surface area is 102 Å². The van der Waals surface area contributed by atoms with Gasteiger partial charge in [0.15, 0.2) is 0 Å². The number of nitrogens with one attached hydrogen (secondary N) is 1.